The molecule has 3 N–H and O–H groups in total. The summed E-state index contributed by atoms with van der Waals surface area (Å²) in [4.78, 5) is 11.7. The van der Waals surface area contributed by atoms with Crippen molar-refractivity contribution in [2.45, 2.75) is 12.8 Å². The van der Waals surface area contributed by atoms with Crippen molar-refractivity contribution in [1.29, 1.82) is 0 Å². The lowest BCUT2D eigenvalue weighted by molar-refractivity contribution is -0.116. The van der Waals surface area contributed by atoms with Gasteiger partial charge in [-0.15, -0.1) is 0 Å². The van der Waals surface area contributed by atoms with E-state index in [2.05, 4.69) is 5.32 Å². The zero-order valence-electron chi connectivity index (χ0n) is 9.65. The topological polar surface area (TPSA) is 68.3 Å². The van der Waals surface area contributed by atoms with Crippen molar-refractivity contribution < 1.29 is 9.21 Å². The van der Waals surface area contributed by atoms with Gasteiger partial charge in [0.1, 0.15) is 5.76 Å². The van der Waals surface area contributed by atoms with Gasteiger partial charge in [-0.1, -0.05) is 11.6 Å². The van der Waals surface area contributed by atoms with E-state index in [1.165, 1.54) is 0 Å². The minimum Gasteiger partial charge on any atom is -0.469 e. The average molecular weight is 265 g/mol. The Balaban J connectivity index is 1.88. The Kier molecular flexibility index (Phi) is 3.89. The first-order valence-electron chi connectivity index (χ1n) is 5.52. The van der Waals surface area contributed by atoms with Crippen LogP contribution in [0.15, 0.2) is 41.0 Å². The molecule has 4 nitrogen and oxygen atoms in total. The second-order valence-electron chi connectivity index (χ2n) is 3.86. The van der Waals surface area contributed by atoms with Crippen molar-refractivity contribution >= 4 is 28.9 Å². The minimum absolute atomic E-state index is 0.0905. The molecule has 94 valence electrons. The molecule has 0 saturated carbocycles. The summed E-state index contributed by atoms with van der Waals surface area (Å²) in [5.74, 6) is 0.702. The van der Waals surface area contributed by atoms with Crippen LogP contribution in [0.4, 0.5) is 11.4 Å². The van der Waals surface area contributed by atoms with E-state index < -0.39 is 0 Å². The number of aryl methyl sites for hydroxylation is 1. The second kappa shape index (κ2) is 5.60. The summed E-state index contributed by atoms with van der Waals surface area (Å²) in [6, 6.07) is 8.64. The number of amides is 1. The summed E-state index contributed by atoms with van der Waals surface area (Å²) in [6.45, 7) is 0. The maximum atomic E-state index is 11.7. The Morgan fingerprint density at radius 3 is 2.89 bits per heavy atom. The summed E-state index contributed by atoms with van der Waals surface area (Å²) < 4.78 is 5.15. The second-order valence-corrected chi connectivity index (χ2v) is 4.27. The van der Waals surface area contributed by atoms with Crippen molar-refractivity contribution in [2.75, 3.05) is 11.1 Å². The Bertz CT molecular complexity index is 538. The van der Waals surface area contributed by atoms with Crippen LogP contribution >= 0.6 is 11.6 Å². The predicted molar refractivity (Wildman–Crippen MR) is 71.5 cm³/mol. The highest BCUT2D eigenvalue weighted by atomic mass is 35.5. The van der Waals surface area contributed by atoms with Crippen LogP contribution in [0, 0.1) is 0 Å². The Hall–Kier alpha value is -1.94. The number of halogens is 1. The highest BCUT2D eigenvalue weighted by Crippen LogP contribution is 2.22. The molecule has 0 atom stereocenters. The number of furan rings is 1. The van der Waals surface area contributed by atoms with Gasteiger partial charge in [0.05, 0.1) is 17.0 Å². The molecule has 0 spiro atoms. The van der Waals surface area contributed by atoms with E-state index >= 15 is 0 Å². The summed E-state index contributed by atoms with van der Waals surface area (Å²) in [5, 5.41) is 3.18. The maximum absolute atomic E-state index is 11.7. The Labute approximate surface area is 110 Å². The first-order chi connectivity index (χ1) is 8.65. The van der Waals surface area contributed by atoms with Crippen LogP contribution in [0.2, 0.25) is 5.02 Å². The van der Waals surface area contributed by atoms with Crippen molar-refractivity contribution in [3.05, 3.63) is 47.4 Å². The summed E-state index contributed by atoms with van der Waals surface area (Å²) >= 11 is 5.86. The molecular weight excluding hydrogens is 252 g/mol. The van der Waals surface area contributed by atoms with E-state index in [-0.39, 0.29) is 5.91 Å². The molecule has 5 heteroatoms. The van der Waals surface area contributed by atoms with E-state index in [0.717, 1.165) is 5.76 Å². The number of hydrogen-bond acceptors (Lipinski definition) is 3. The van der Waals surface area contributed by atoms with Crippen molar-refractivity contribution in [1.82, 2.24) is 0 Å². The molecule has 0 saturated heterocycles. The molecular formula is C13H13ClN2O2. The fourth-order valence-electron chi connectivity index (χ4n) is 1.52. The van der Waals surface area contributed by atoms with E-state index in [0.29, 0.717) is 29.2 Å². The van der Waals surface area contributed by atoms with Gasteiger partial charge in [-0.05, 0) is 30.3 Å². The van der Waals surface area contributed by atoms with Crippen LogP contribution in [-0.4, -0.2) is 5.91 Å². The van der Waals surface area contributed by atoms with Crippen molar-refractivity contribution in [2.24, 2.45) is 0 Å². The zero-order valence-corrected chi connectivity index (χ0v) is 10.4. The number of nitrogen functional groups attached to an aromatic ring is 1. The molecule has 1 heterocycles. The van der Waals surface area contributed by atoms with Crippen LogP contribution in [0.25, 0.3) is 0 Å². The SMILES string of the molecule is Nc1ccc(NC(=O)CCc2ccco2)cc1Cl. The van der Waals surface area contributed by atoms with Gasteiger partial charge in [-0.2, -0.15) is 0 Å². The van der Waals surface area contributed by atoms with Gasteiger partial charge in [0.15, 0.2) is 0 Å². The van der Waals surface area contributed by atoms with E-state index in [1.807, 2.05) is 6.07 Å². The van der Waals surface area contributed by atoms with Crippen LogP contribution in [0.1, 0.15) is 12.2 Å². The predicted octanol–water partition coefficient (Wildman–Crippen LogP) is 3.09. The molecule has 18 heavy (non-hydrogen) atoms. The number of carbonyl (C=O) groups is 1. The summed E-state index contributed by atoms with van der Waals surface area (Å²) in [5.41, 5.74) is 6.71. The van der Waals surface area contributed by atoms with Crippen LogP contribution in [0.5, 0.6) is 0 Å². The number of rotatable bonds is 4. The van der Waals surface area contributed by atoms with Gasteiger partial charge >= 0.3 is 0 Å². The average Bonchev–Trinajstić information content (AvgIpc) is 2.84. The number of nitrogens with one attached hydrogen (secondary N) is 1. The first kappa shape index (κ1) is 12.5. The molecule has 0 radical (unpaired) electrons. The molecule has 0 fully saturated rings. The van der Waals surface area contributed by atoms with Crippen LogP contribution in [-0.2, 0) is 11.2 Å². The van der Waals surface area contributed by atoms with E-state index in [4.69, 9.17) is 21.8 Å². The third kappa shape index (κ3) is 3.28. The van der Waals surface area contributed by atoms with Gasteiger partial charge in [0.25, 0.3) is 0 Å². The molecule has 1 amide bonds. The van der Waals surface area contributed by atoms with Gasteiger partial charge in [-0.25, -0.2) is 0 Å². The minimum atomic E-state index is -0.0905. The highest BCUT2D eigenvalue weighted by Gasteiger charge is 2.05. The normalized spacial score (nSPS) is 10.3. The van der Waals surface area contributed by atoms with Gasteiger partial charge < -0.3 is 15.5 Å². The third-order valence-corrected chi connectivity index (χ3v) is 2.79. The third-order valence-electron chi connectivity index (χ3n) is 2.46. The number of carbonyl (C=O) groups excluding carboxylic acids is 1. The number of anilines is 2. The molecule has 0 unspecified atom stereocenters. The maximum Gasteiger partial charge on any atom is 0.224 e. The summed E-state index contributed by atoms with van der Waals surface area (Å²) in [7, 11) is 0. The molecule has 1 aromatic carbocycles. The van der Waals surface area contributed by atoms with Gasteiger partial charge in [0, 0.05) is 18.5 Å². The lowest BCUT2D eigenvalue weighted by atomic mass is 10.2. The van der Waals surface area contributed by atoms with E-state index in [9.17, 15) is 4.79 Å². The fraction of sp³-hybridized carbons (Fsp3) is 0.154. The lowest BCUT2D eigenvalue weighted by Crippen LogP contribution is -2.12. The van der Waals surface area contributed by atoms with Crippen molar-refractivity contribution in [3.63, 3.8) is 0 Å². The van der Waals surface area contributed by atoms with Crippen LogP contribution in [0.3, 0.4) is 0 Å². The fourth-order valence-corrected chi connectivity index (χ4v) is 1.70. The molecule has 0 aliphatic carbocycles. The van der Waals surface area contributed by atoms with E-state index in [1.54, 1.807) is 30.5 Å². The largest absolute Gasteiger partial charge is 0.469 e. The van der Waals surface area contributed by atoms with Gasteiger partial charge in [0.2, 0.25) is 5.91 Å². The molecule has 1 aromatic heterocycles. The standard InChI is InChI=1S/C13H13ClN2O2/c14-11-8-9(3-5-12(11)15)16-13(17)6-4-10-2-1-7-18-10/h1-3,5,7-8H,4,6,15H2,(H,16,17). The molecule has 0 bridgehead atoms. The monoisotopic (exact) mass is 264 g/mol. The van der Waals surface area contributed by atoms with Gasteiger partial charge in [-0.3, -0.25) is 4.79 Å². The highest BCUT2D eigenvalue weighted by molar-refractivity contribution is 6.33. The number of hydrogen-bond donors (Lipinski definition) is 2. The Morgan fingerprint density at radius 1 is 1.39 bits per heavy atom. The quantitative estimate of drug-likeness (QED) is 0.834. The summed E-state index contributed by atoms with van der Waals surface area (Å²) in [6.07, 6.45) is 2.52. The number of benzene rings is 1. The number of nitrogens with two attached hydrogens (primary N) is 1. The molecule has 0 aliphatic rings. The molecule has 2 rings (SSSR count). The van der Waals surface area contributed by atoms with Crippen LogP contribution < -0.4 is 11.1 Å². The first-order valence-corrected chi connectivity index (χ1v) is 5.90. The van der Waals surface area contributed by atoms with Crippen molar-refractivity contribution in [3.8, 4) is 0 Å². The Morgan fingerprint density at radius 2 is 2.22 bits per heavy atom. The zero-order chi connectivity index (χ0) is 13.0. The molecule has 2 aromatic rings. The lowest BCUT2D eigenvalue weighted by Gasteiger charge is -2.06. The molecule has 0 aliphatic heterocycles. The smallest absolute Gasteiger partial charge is 0.224 e.